The molecular formula is C59H108N10O13. The molecule has 0 aromatic rings. The van der Waals surface area contributed by atoms with Crippen LogP contribution in [0.25, 0.3) is 0 Å². The van der Waals surface area contributed by atoms with Crippen molar-refractivity contribution in [3.63, 3.8) is 0 Å². The summed E-state index contributed by atoms with van der Waals surface area (Å²) >= 11 is 0. The summed E-state index contributed by atoms with van der Waals surface area (Å²) in [7, 11) is 7.22. The van der Waals surface area contributed by atoms with E-state index in [1.54, 1.807) is 46.9 Å². The smallest absolute Gasteiger partial charge is 0.328 e. The Hall–Kier alpha value is -5.68. The first kappa shape index (κ1) is 76.3. The molecule has 1 unspecified atom stereocenters. The van der Waals surface area contributed by atoms with Gasteiger partial charge < -0.3 is 66.8 Å². The molecule has 0 saturated heterocycles. The van der Waals surface area contributed by atoms with Crippen molar-refractivity contribution in [3.05, 3.63) is 12.2 Å². The van der Waals surface area contributed by atoms with Gasteiger partial charge in [-0.1, -0.05) is 109 Å². The largest absolute Gasteiger partial charge is 0.480 e. The van der Waals surface area contributed by atoms with Crippen molar-refractivity contribution in [2.75, 3.05) is 35.2 Å². The van der Waals surface area contributed by atoms with Crippen LogP contribution in [0.2, 0.25) is 0 Å². The van der Waals surface area contributed by atoms with Crippen molar-refractivity contribution < 1.29 is 63.3 Å². The highest BCUT2D eigenvalue weighted by Gasteiger charge is 2.44. The predicted molar refractivity (Wildman–Crippen MR) is 316 cm³/mol. The Morgan fingerprint density at radius 1 is 0.463 bits per heavy atom. The van der Waals surface area contributed by atoms with Crippen LogP contribution < -0.4 is 31.9 Å². The van der Waals surface area contributed by atoms with Crippen LogP contribution in [0.15, 0.2) is 12.2 Å². The molecule has 9 amide bonds. The van der Waals surface area contributed by atoms with E-state index >= 15 is 0 Å². The minimum Gasteiger partial charge on any atom is -0.480 e. The van der Waals surface area contributed by atoms with Crippen LogP contribution in [0.1, 0.15) is 156 Å². The number of carbonyl (C=O) groups is 10. The number of aliphatic hydroxyl groups is 2. The predicted octanol–water partition coefficient (Wildman–Crippen LogP) is 2.66. The van der Waals surface area contributed by atoms with Gasteiger partial charge in [0.2, 0.25) is 53.2 Å². The number of carbonyl (C=O) groups excluding carboxylic acids is 9. The van der Waals surface area contributed by atoms with E-state index < -0.39 is 138 Å². The SMILES string of the molecule is CC=CC[C@@H](C)[C@@H](O)[C@@H](C(=O)N[C@H](C(=O)O)[C@@H](C)O)N(C)C(=O)[C@H](C(C)C)N(C)C(=O)[C@H](CC(C)C)NC(=O)[C@H](CC(C)C)N(C)C(=O)[C@@H](C)NC(=O)[C@H](C)NC(=O)[C@H](CC(C)C)N(C)C(=O)[C@H](CC(C)C)NC(=O)[C@@H](NC)C(C)CC. The monoisotopic (exact) mass is 1160 g/mol. The van der Waals surface area contributed by atoms with Crippen molar-refractivity contribution in [1.82, 2.24) is 51.5 Å². The van der Waals surface area contributed by atoms with Gasteiger partial charge in [-0.05, 0) is 108 Å². The van der Waals surface area contributed by atoms with E-state index in [4.69, 9.17) is 0 Å². The standard InChI is InChI=1S/C59H108N10O13/c1-23-25-26-37(14)49(71)48(54(76)65-46(40(17)70)59(81)82)69(22)58(80)47(35(11)12)68(21)57(79)42(28-32(5)6)63-52(74)44(30-34(9)10)66(19)55(77)39(16)62-50(72)38(15)61-51(73)43(29-33(7)8)67(20)56(78)41(27-31(3)4)64-53(75)45(60-18)36(13)24-2/h23,25,31-49,60,70-71H,24,26-30H2,1-22H3,(H,61,73)(H,62,72)(H,63,74)(H,64,75)(H,65,76)(H,81,82)/t36?,37-,38+,39-,40-,41+,42+,43+,44+,45+,46+,47+,48+,49-/m1/s1. The first-order valence-electron chi connectivity index (χ1n) is 29.3. The topological polar surface area (TPSA) is 317 Å². The molecule has 0 saturated carbocycles. The van der Waals surface area contributed by atoms with Gasteiger partial charge in [-0.15, -0.1) is 0 Å². The van der Waals surface area contributed by atoms with Crippen LogP contribution in [-0.2, 0) is 47.9 Å². The van der Waals surface area contributed by atoms with Gasteiger partial charge in [-0.3, -0.25) is 43.2 Å². The van der Waals surface area contributed by atoms with Crippen molar-refractivity contribution in [1.29, 1.82) is 0 Å². The second kappa shape index (κ2) is 36.1. The van der Waals surface area contributed by atoms with E-state index in [2.05, 4.69) is 31.9 Å². The Labute approximate surface area is 490 Å². The number of nitrogens with zero attached hydrogens (tertiary/aromatic N) is 4. The third-order valence-electron chi connectivity index (χ3n) is 14.9. The molecule has 0 radical (unpaired) electrons. The molecule has 0 aromatic heterocycles. The first-order chi connectivity index (χ1) is 37.8. The average molecular weight is 1170 g/mol. The molecule has 472 valence electrons. The van der Waals surface area contributed by atoms with Crippen LogP contribution >= 0.6 is 0 Å². The lowest BCUT2D eigenvalue weighted by Crippen LogP contribution is -2.63. The van der Waals surface area contributed by atoms with Crippen LogP contribution in [0, 0.1) is 41.4 Å². The molecule has 0 aromatic carbocycles. The van der Waals surface area contributed by atoms with E-state index in [1.165, 1.54) is 63.7 Å². The van der Waals surface area contributed by atoms with Gasteiger partial charge in [0.05, 0.1) is 18.2 Å². The second-order valence-electron chi connectivity index (χ2n) is 24.6. The van der Waals surface area contributed by atoms with E-state index in [9.17, 15) is 63.3 Å². The van der Waals surface area contributed by atoms with Crippen LogP contribution in [0.3, 0.4) is 0 Å². The minimum absolute atomic E-state index is 0.0138. The Kier molecular flexibility index (Phi) is 33.6. The zero-order valence-corrected chi connectivity index (χ0v) is 53.6. The van der Waals surface area contributed by atoms with E-state index in [0.29, 0.717) is 12.8 Å². The quantitative estimate of drug-likeness (QED) is 0.0408. The molecule has 9 N–H and O–H groups in total. The molecule has 0 rings (SSSR count). The molecule has 14 atom stereocenters. The lowest BCUT2D eigenvalue weighted by Gasteiger charge is -2.40. The van der Waals surface area contributed by atoms with Gasteiger partial charge >= 0.3 is 5.97 Å². The number of allylic oxidation sites excluding steroid dienone is 2. The molecule has 0 aliphatic heterocycles. The maximum Gasteiger partial charge on any atom is 0.328 e. The molecule has 0 fully saturated rings. The van der Waals surface area contributed by atoms with Gasteiger partial charge in [-0.25, -0.2) is 4.79 Å². The number of amides is 9. The molecule has 0 heterocycles. The minimum atomic E-state index is -1.77. The number of aliphatic carboxylic acids is 1. The van der Waals surface area contributed by atoms with E-state index in [0.717, 1.165) is 11.3 Å². The normalized spacial score (nSPS) is 17.0. The lowest BCUT2D eigenvalue weighted by molar-refractivity contribution is -0.155. The lowest BCUT2D eigenvalue weighted by atomic mass is 9.91. The summed E-state index contributed by atoms with van der Waals surface area (Å²) < 4.78 is 0. The average Bonchev–Trinajstić information content (AvgIpc) is 3.37. The van der Waals surface area contributed by atoms with Crippen molar-refractivity contribution in [3.8, 4) is 0 Å². The number of carboxylic acid groups (broad SMARTS) is 1. The zero-order chi connectivity index (χ0) is 64.0. The molecule has 0 spiro atoms. The van der Waals surface area contributed by atoms with Crippen molar-refractivity contribution >= 4 is 59.1 Å². The molecule has 0 bridgehead atoms. The summed E-state index contributed by atoms with van der Waals surface area (Å²) in [5, 5.41) is 47.9. The fourth-order valence-corrected chi connectivity index (χ4v) is 9.85. The fraction of sp³-hybridized carbons (Fsp3) is 0.797. The van der Waals surface area contributed by atoms with E-state index in [-0.39, 0.29) is 54.8 Å². The molecule has 0 aliphatic rings. The number of rotatable bonds is 36. The third-order valence-corrected chi connectivity index (χ3v) is 14.9. The molecule has 0 aliphatic carbocycles. The molecule has 23 heteroatoms. The Bertz CT molecular complexity index is 2140. The molecule has 82 heavy (non-hydrogen) atoms. The maximum absolute atomic E-state index is 14.7. The van der Waals surface area contributed by atoms with Gasteiger partial charge in [0.1, 0.15) is 48.3 Å². The number of hydrogen-bond acceptors (Lipinski definition) is 13. The number of hydrogen-bond donors (Lipinski definition) is 9. The zero-order valence-electron chi connectivity index (χ0n) is 53.6. The maximum atomic E-state index is 14.7. The molecule has 23 nitrogen and oxygen atoms in total. The number of aliphatic hydroxyl groups excluding tert-OH is 2. The second-order valence-corrected chi connectivity index (χ2v) is 24.6. The van der Waals surface area contributed by atoms with Crippen LogP contribution in [-0.4, -0.2) is 202 Å². The molecular weight excluding hydrogens is 1060 g/mol. The number of likely N-dealkylation sites (N-methyl/N-ethyl adjacent to an activating group) is 5. The number of nitrogens with one attached hydrogen (secondary N) is 6. The van der Waals surface area contributed by atoms with Crippen LogP contribution in [0.4, 0.5) is 0 Å². The fourth-order valence-electron chi connectivity index (χ4n) is 9.85. The summed E-state index contributed by atoms with van der Waals surface area (Å²) in [6, 6.07) is -12.0. The van der Waals surface area contributed by atoms with Crippen molar-refractivity contribution in [2.45, 2.75) is 229 Å². The van der Waals surface area contributed by atoms with Crippen LogP contribution in [0.5, 0.6) is 0 Å². The van der Waals surface area contributed by atoms with Crippen molar-refractivity contribution in [2.24, 2.45) is 41.4 Å². The van der Waals surface area contributed by atoms with E-state index in [1.807, 2.05) is 69.2 Å². The highest BCUT2D eigenvalue weighted by molar-refractivity contribution is 5.98. The number of carboxylic acids is 1. The van der Waals surface area contributed by atoms with Gasteiger partial charge in [0.15, 0.2) is 6.04 Å². The third kappa shape index (κ3) is 23.5. The summed E-state index contributed by atoms with van der Waals surface area (Å²) in [4.78, 5) is 144. The highest BCUT2D eigenvalue weighted by Crippen LogP contribution is 2.23. The van der Waals surface area contributed by atoms with Gasteiger partial charge in [-0.2, -0.15) is 0 Å². The summed E-state index contributed by atoms with van der Waals surface area (Å²) in [5.41, 5.74) is 0. The Morgan fingerprint density at radius 3 is 1.28 bits per heavy atom. The first-order valence-corrected chi connectivity index (χ1v) is 29.3. The Morgan fingerprint density at radius 2 is 0.878 bits per heavy atom. The summed E-state index contributed by atoms with van der Waals surface area (Å²) in [6.07, 6.45) is 2.23. The van der Waals surface area contributed by atoms with Gasteiger partial charge in [0.25, 0.3) is 0 Å². The highest BCUT2D eigenvalue weighted by atomic mass is 16.4. The summed E-state index contributed by atoms with van der Waals surface area (Å²) in [6.45, 7) is 29.7. The summed E-state index contributed by atoms with van der Waals surface area (Å²) in [5.74, 6) is -9.16. The van der Waals surface area contributed by atoms with Gasteiger partial charge in [0, 0.05) is 28.2 Å². The Balaban J connectivity index is 6.78.